The SMILES string of the molecule is CCC[C@H](NC(=O)CSc1c(C)c(C)cc(C)c1C)c1ccccc1. The van der Waals surface area contributed by atoms with Gasteiger partial charge in [0, 0.05) is 4.90 Å². The van der Waals surface area contributed by atoms with E-state index in [2.05, 4.69) is 58.1 Å². The molecule has 0 radical (unpaired) electrons. The maximum Gasteiger partial charge on any atom is 0.230 e. The van der Waals surface area contributed by atoms with Gasteiger partial charge in [0.25, 0.3) is 0 Å². The number of hydrogen-bond donors (Lipinski definition) is 1. The van der Waals surface area contributed by atoms with E-state index >= 15 is 0 Å². The van der Waals surface area contributed by atoms with E-state index in [1.54, 1.807) is 11.8 Å². The highest BCUT2D eigenvalue weighted by Gasteiger charge is 2.15. The molecule has 0 unspecified atom stereocenters. The summed E-state index contributed by atoms with van der Waals surface area (Å²) in [4.78, 5) is 13.8. The minimum Gasteiger partial charge on any atom is -0.349 e. The van der Waals surface area contributed by atoms with Crippen LogP contribution in [0.25, 0.3) is 0 Å². The molecule has 0 spiro atoms. The molecule has 0 aliphatic rings. The summed E-state index contributed by atoms with van der Waals surface area (Å²) in [7, 11) is 0. The second-order valence-corrected chi connectivity index (χ2v) is 7.68. The topological polar surface area (TPSA) is 29.1 Å². The lowest BCUT2D eigenvalue weighted by Gasteiger charge is -2.19. The Kier molecular flexibility index (Phi) is 7.12. The van der Waals surface area contributed by atoms with Crippen molar-refractivity contribution in [2.45, 2.75) is 58.4 Å². The van der Waals surface area contributed by atoms with Crippen LogP contribution in [0.5, 0.6) is 0 Å². The zero-order valence-electron chi connectivity index (χ0n) is 16.0. The number of rotatable bonds is 7. The average Bonchev–Trinajstić information content (AvgIpc) is 2.60. The van der Waals surface area contributed by atoms with E-state index < -0.39 is 0 Å². The Balaban J connectivity index is 2.05. The number of benzene rings is 2. The van der Waals surface area contributed by atoms with E-state index in [1.807, 2.05) is 18.2 Å². The fourth-order valence-corrected chi connectivity index (χ4v) is 4.18. The van der Waals surface area contributed by atoms with E-state index in [-0.39, 0.29) is 11.9 Å². The molecule has 1 atom stereocenters. The van der Waals surface area contributed by atoms with Crippen molar-refractivity contribution in [1.82, 2.24) is 5.32 Å². The number of amides is 1. The van der Waals surface area contributed by atoms with Gasteiger partial charge in [0.05, 0.1) is 11.8 Å². The Morgan fingerprint density at radius 1 is 1.04 bits per heavy atom. The van der Waals surface area contributed by atoms with E-state index in [4.69, 9.17) is 0 Å². The van der Waals surface area contributed by atoms with Crippen LogP contribution < -0.4 is 5.32 Å². The molecule has 2 nitrogen and oxygen atoms in total. The number of carbonyl (C=O) groups is 1. The summed E-state index contributed by atoms with van der Waals surface area (Å²) < 4.78 is 0. The van der Waals surface area contributed by atoms with Gasteiger partial charge in [0.1, 0.15) is 0 Å². The van der Waals surface area contributed by atoms with Crippen LogP contribution >= 0.6 is 11.8 Å². The van der Waals surface area contributed by atoms with Crippen LogP contribution in [0.3, 0.4) is 0 Å². The Bertz CT molecular complexity index is 698. The van der Waals surface area contributed by atoms with Gasteiger partial charge in [-0.25, -0.2) is 0 Å². The molecule has 134 valence electrons. The lowest BCUT2D eigenvalue weighted by molar-refractivity contribution is -0.119. The molecule has 0 aromatic heterocycles. The molecule has 0 saturated carbocycles. The third-order valence-corrected chi connectivity index (χ3v) is 6.07. The fraction of sp³-hybridized carbons (Fsp3) is 0.409. The summed E-state index contributed by atoms with van der Waals surface area (Å²) in [6.07, 6.45) is 2.00. The van der Waals surface area contributed by atoms with Gasteiger partial charge in [-0.15, -0.1) is 11.8 Å². The monoisotopic (exact) mass is 355 g/mol. The highest BCUT2D eigenvalue weighted by molar-refractivity contribution is 8.00. The lowest BCUT2D eigenvalue weighted by Crippen LogP contribution is -2.30. The van der Waals surface area contributed by atoms with Gasteiger partial charge in [-0.3, -0.25) is 4.79 Å². The number of aryl methyl sites for hydroxylation is 2. The molecule has 2 rings (SSSR count). The first kappa shape index (κ1) is 19.6. The van der Waals surface area contributed by atoms with E-state index in [0.29, 0.717) is 5.75 Å². The summed E-state index contributed by atoms with van der Waals surface area (Å²) >= 11 is 1.65. The second-order valence-electron chi connectivity index (χ2n) is 6.70. The Labute approximate surface area is 156 Å². The van der Waals surface area contributed by atoms with E-state index in [1.165, 1.54) is 32.7 Å². The standard InChI is InChI=1S/C22H29NOS/c1-6-10-20(19-11-8-7-9-12-19)23-21(24)14-25-22-17(4)15(2)13-16(3)18(22)5/h7-9,11-13,20H,6,10,14H2,1-5H3,(H,23,24)/t20-/m0/s1. The second kappa shape index (κ2) is 9.10. The molecular formula is C22H29NOS. The van der Waals surface area contributed by atoms with Crippen LogP contribution in [0.1, 0.15) is 53.6 Å². The fourth-order valence-electron chi connectivity index (χ4n) is 3.07. The van der Waals surface area contributed by atoms with Crippen LogP contribution in [-0.4, -0.2) is 11.7 Å². The Morgan fingerprint density at radius 3 is 2.20 bits per heavy atom. The van der Waals surface area contributed by atoms with Crippen LogP contribution in [0.2, 0.25) is 0 Å². The predicted octanol–water partition coefficient (Wildman–Crippen LogP) is 5.67. The highest BCUT2D eigenvalue weighted by atomic mass is 32.2. The molecule has 2 aromatic carbocycles. The van der Waals surface area contributed by atoms with Crippen molar-refractivity contribution in [2.24, 2.45) is 0 Å². The minimum atomic E-state index is 0.0979. The number of thioether (sulfide) groups is 1. The van der Waals surface area contributed by atoms with Gasteiger partial charge >= 0.3 is 0 Å². The summed E-state index contributed by atoms with van der Waals surface area (Å²) in [5, 5.41) is 3.21. The molecule has 0 aliphatic carbocycles. The normalized spacial score (nSPS) is 12.0. The van der Waals surface area contributed by atoms with Gasteiger partial charge < -0.3 is 5.32 Å². The first-order valence-electron chi connectivity index (χ1n) is 8.98. The molecule has 1 amide bonds. The third kappa shape index (κ3) is 5.12. The molecule has 0 fully saturated rings. The summed E-state index contributed by atoms with van der Waals surface area (Å²) in [6.45, 7) is 10.7. The first-order chi connectivity index (χ1) is 11.9. The van der Waals surface area contributed by atoms with Crippen LogP contribution in [0, 0.1) is 27.7 Å². The Hall–Kier alpha value is -1.74. The predicted molar refractivity (Wildman–Crippen MR) is 108 cm³/mol. The average molecular weight is 356 g/mol. The molecule has 3 heteroatoms. The van der Waals surface area contributed by atoms with Crippen molar-refractivity contribution in [3.8, 4) is 0 Å². The van der Waals surface area contributed by atoms with Crippen LogP contribution in [0.15, 0.2) is 41.3 Å². The van der Waals surface area contributed by atoms with Crippen molar-refractivity contribution < 1.29 is 4.79 Å². The summed E-state index contributed by atoms with van der Waals surface area (Å²) in [6, 6.07) is 12.6. The third-order valence-electron chi connectivity index (χ3n) is 4.76. The molecule has 1 N–H and O–H groups in total. The molecule has 0 saturated heterocycles. The number of hydrogen-bond acceptors (Lipinski definition) is 2. The maximum absolute atomic E-state index is 12.5. The molecule has 0 bridgehead atoms. The summed E-state index contributed by atoms with van der Waals surface area (Å²) in [5.74, 6) is 0.558. The molecule has 0 aliphatic heterocycles. The van der Waals surface area contributed by atoms with E-state index in [0.717, 1.165) is 12.8 Å². The smallest absolute Gasteiger partial charge is 0.230 e. The van der Waals surface area contributed by atoms with Crippen molar-refractivity contribution in [3.05, 3.63) is 64.2 Å². The molecule has 25 heavy (non-hydrogen) atoms. The van der Waals surface area contributed by atoms with Crippen molar-refractivity contribution in [3.63, 3.8) is 0 Å². The van der Waals surface area contributed by atoms with Crippen molar-refractivity contribution in [2.75, 3.05) is 5.75 Å². The first-order valence-corrected chi connectivity index (χ1v) is 9.97. The largest absolute Gasteiger partial charge is 0.349 e. The number of carbonyl (C=O) groups excluding carboxylic acids is 1. The van der Waals surface area contributed by atoms with Crippen LogP contribution in [0.4, 0.5) is 0 Å². The van der Waals surface area contributed by atoms with Gasteiger partial charge in [0.2, 0.25) is 5.91 Å². The molecule has 2 aromatic rings. The van der Waals surface area contributed by atoms with Gasteiger partial charge in [-0.2, -0.15) is 0 Å². The summed E-state index contributed by atoms with van der Waals surface area (Å²) in [5.41, 5.74) is 6.34. The highest BCUT2D eigenvalue weighted by Crippen LogP contribution is 2.31. The maximum atomic E-state index is 12.5. The zero-order chi connectivity index (χ0) is 18.4. The quantitative estimate of drug-likeness (QED) is 0.648. The van der Waals surface area contributed by atoms with E-state index in [9.17, 15) is 4.79 Å². The van der Waals surface area contributed by atoms with Gasteiger partial charge in [-0.1, -0.05) is 49.7 Å². The lowest BCUT2D eigenvalue weighted by atomic mass is 10.0. The van der Waals surface area contributed by atoms with Crippen molar-refractivity contribution >= 4 is 17.7 Å². The van der Waals surface area contributed by atoms with Crippen molar-refractivity contribution in [1.29, 1.82) is 0 Å². The van der Waals surface area contributed by atoms with Crippen LogP contribution in [-0.2, 0) is 4.79 Å². The molecule has 0 heterocycles. The zero-order valence-corrected chi connectivity index (χ0v) is 16.8. The Morgan fingerprint density at radius 2 is 1.64 bits per heavy atom. The number of nitrogens with one attached hydrogen (secondary N) is 1. The van der Waals surface area contributed by atoms with Gasteiger partial charge in [-0.05, 0) is 61.9 Å². The van der Waals surface area contributed by atoms with Gasteiger partial charge in [0.15, 0.2) is 0 Å². The molecular weight excluding hydrogens is 326 g/mol. The minimum absolute atomic E-state index is 0.0979.